The molecule has 0 aliphatic carbocycles. The highest BCUT2D eigenvalue weighted by atomic mass is 16.5. The Bertz CT molecular complexity index is 1540. The van der Waals surface area contributed by atoms with Crippen molar-refractivity contribution >= 4 is 11.9 Å². The first-order chi connectivity index (χ1) is 45.5. The number of esters is 1. The first-order valence-electron chi connectivity index (χ1n) is 41.9. The van der Waals surface area contributed by atoms with E-state index in [-0.39, 0.29) is 18.5 Å². The van der Waals surface area contributed by atoms with Gasteiger partial charge in [-0.05, 0) is 89.9 Å². The van der Waals surface area contributed by atoms with E-state index in [1.165, 1.54) is 385 Å². The van der Waals surface area contributed by atoms with Crippen LogP contribution in [0.2, 0.25) is 0 Å². The molecular formula is C86H163NO5. The van der Waals surface area contributed by atoms with Gasteiger partial charge in [-0.2, -0.15) is 0 Å². The van der Waals surface area contributed by atoms with Crippen LogP contribution in [-0.4, -0.2) is 47.4 Å². The Kier molecular flexibility index (Phi) is 79.3. The van der Waals surface area contributed by atoms with E-state index in [4.69, 9.17) is 4.74 Å². The average Bonchev–Trinajstić information content (AvgIpc) is 3.62. The Morgan fingerprint density at radius 1 is 0.304 bits per heavy atom. The van der Waals surface area contributed by atoms with Crippen LogP contribution in [0.5, 0.6) is 0 Å². The van der Waals surface area contributed by atoms with Crippen LogP contribution in [0.1, 0.15) is 463 Å². The minimum Gasteiger partial charge on any atom is -0.466 e. The van der Waals surface area contributed by atoms with Crippen LogP contribution in [0.15, 0.2) is 48.6 Å². The number of hydrogen-bond donors (Lipinski definition) is 3. The molecule has 0 fully saturated rings. The van der Waals surface area contributed by atoms with Crippen LogP contribution < -0.4 is 5.32 Å². The maximum absolute atomic E-state index is 12.5. The normalized spacial score (nSPS) is 12.7. The highest BCUT2D eigenvalue weighted by molar-refractivity contribution is 5.76. The van der Waals surface area contributed by atoms with E-state index in [1.54, 1.807) is 6.08 Å². The Hall–Kier alpha value is -2.18. The average molecular weight is 1290 g/mol. The monoisotopic (exact) mass is 1290 g/mol. The van der Waals surface area contributed by atoms with E-state index >= 15 is 0 Å². The molecule has 6 heteroatoms. The number of allylic oxidation sites excluding steroid dienone is 7. The Balaban J connectivity index is 3.35. The molecule has 0 aromatic heterocycles. The summed E-state index contributed by atoms with van der Waals surface area (Å²) in [6.07, 6.45) is 108. The van der Waals surface area contributed by atoms with E-state index in [1.807, 2.05) is 6.08 Å². The maximum Gasteiger partial charge on any atom is 0.305 e. The zero-order chi connectivity index (χ0) is 66.3. The van der Waals surface area contributed by atoms with Crippen molar-refractivity contribution in [3.8, 4) is 0 Å². The second kappa shape index (κ2) is 81.2. The maximum atomic E-state index is 12.5. The predicted molar refractivity (Wildman–Crippen MR) is 407 cm³/mol. The molecule has 0 aromatic carbocycles. The zero-order valence-corrected chi connectivity index (χ0v) is 62.3. The lowest BCUT2D eigenvalue weighted by Gasteiger charge is -2.20. The number of aliphatic hydroxyl groups excluding tert-OH is 2. The van der Waals surface area contributed by atoms with Gasteiger partial charge in [-0.15, -0.1) is 0 Å². The second-order valence-electron chi connectivity index (χ2n) is 28.8. The van der Waals surface area contributed by atoms with Crippen molar-refractivity contribution in [2.45, 2.75) is 475 Å². The van der Waals surface area contributed by atoms with Crippen molar-refractivity contribution in [2.75, 3.05) is 13.2 Å². The molecule has 0 heterocycles. The summed E-state index contributed by atoms with van der Waals surface area (Å²) in [5.74, 6) is -0.0455. The predicted octanol–water partition coefficient (Wildman–Crippen LogP) is 27.9. The first-order valence-corrected chi connectivity index (χ1v) is 41.9. The van der Waals surface area contributed by atoms with Gasteiger partial charge in [0, 0.05) is 12.8 Å². The molecule has 0 aromatic rings. The summed E-state index contributed by atoms with van der Waals surface area (Å²) in [4.78, 5) is 24.7. The van der Waals surface area contributed by atoms with Gasteiger partial charge in [0.1, 0.15) is 0 Å². The minimum atomic E-state index is -0.843. The van der Waals surface area contributed by atoms with Crippen molar-refractivity contribution in [3.05, 3.63) is 48.6 Å². The quantitative estimate of drug-likeness (QED) is 0.0320. The number of unbranched alkanes of at least 4 members (excludes halogenated alkanes) is 62. The molecule has 0 bridgehead atoms. The molecule has 0 rings (SSSR count). The summed E-state index contributed by atoms with van der Waals surface area (Å²) in [5.41, 5.74) is 0. The molecule has 2 atom stereocenters. The molecule has 0 saturated carbocycles. The fourth-order valence-corrected chi connectivity index (χ4v) is 13.2. The summed E-state index contributed by atoms with van der Waals surface area (Å²) in [6, 6.07) is -0.626. The third-order valence-corrected chi connectivity index (χ3v) is 19.6. The third kappa shape index (κ3) is 76.8. The summed E-state index contributed by atoms with van der Waals surface area (Å²) in [6.45, 7) is 4.92. The van der Waals surface area contributed by atoms with Crippen LogP contribution in [0, 0.1) is 0 Å². The van der Waals surface area contributed by atoms with Gasteiger partial charge in [0.2, 0.25) is 5.91 Å². The van der Waals surface area contributed by atoms with Crippen molar-refractivity contribution in [1.29, 1.82) is 0 Å². The number of rotatable bonds is 79. The highest BCUT2D eigenvalue weighted by Gasteiger charge is 2.18. The molecule has 0 radical (unpaired) electrons. The fourth-order valence-electron chi connectivity index (χ4n) is 13.2. The molecule has 0 aliphatic heterocycles. The van der Waals surface area contributed by atoms with E-state index in [0.717, 1.165) is 51.4 Å². The summed E-state index contributed by atoms with van der Waals surface area (Å²) in [7, 11) is 0. The van der Waals surface area contributed by atoms with Crippen molar-refractivity contribution in [2.24, 2.45) is 0 Å². The summed E-state index contributed by atoms with van der Waals surface area (Å²) in [5, 5.41) is 23.3. The van der Waals surface area contributed by atoms with Gasteiger partial charge in [-0.1, -0.05) is 409 Å². The molecular weight excluding hydrogens is 1130 g/mol. The van der Waals surface area contributed by atoms with Crippen LogP contribution >= 0.6 is 0 Å². The molecule has 0 saturated heterocycles. The van der Waals surface area contributed by atoms with E-state index in [9.17, 15) is 19.8 Å². The number of hydrogen-bond acceptors (Lipinski definition) is 5. The second-order valence-corrected chi connectivity index (χ2v) is 28.8. The lowest BCUT2D eigenvalue weighted by atomic mass is 10.0. The lowest BCUT2D eigenvalue weighted by molar-refractivity contribution is -0.143. The van der Waals surface area contributed by atoms with Crippen LogP contribution in [-0.2, 0) is 14.3 Å². The van der Waals surface area contributed by atoms with Gasteiger partial charge in [-0.25, -0.2) is 0 Å². The van der Waals surface area contributed by atoms with Crippen LogP contribution in [0.25, 0.3) is 0 Å². The largest absolute Gasteiger partial charge is 0.466 e. The number of aliphatic hydroxyl groups is 2. The molecule has 0 spiro atoms. The molecule has 542 valence electrons. The number of carbonyl (C=O) groups is 2. The van der Waals surface area contributed by atoms with Crippen LogP contribution in [0.4, 0.5) is 0 Å². The Morgan fingerprint density at radius 3 is 0.859 bits per heavy atom. The molecule has 6 nitrogen and oxygen atoms in total. The number of nitrogens with one attached hydrogen (secondary N) is 1. The molecule has 92 heavy (non-hydrogen) atoms. The Labute approximate surface area is 576 Å². The van der Waals surface area contributed by atoms with E-state index in [2.05, 4.69) is 55.6 Å². The van der Waals surface area contributed by atoms with E-state index in [0.29, 0.717) is 19.4 Å². The summed E-state index contributed by atoms with van der Waals surface area (Å²) >= 11 is 0. The number of amides is 1. The van der Waals surface area contributed by atoms with Crippen LogP contribution in [0.3, 0.4) is 0 Å². The van der Waals surface area contributed by atoms with Crippen molar-refractivity contribution in [1.82, 2.24) is 5.32 Å². The molecule has 3 N–H and O–H groups in total. The van der Waals surface area contributed by atoms with Crippen molar-refractivity contribution < 1.29 is 24.5 Å². The molecule has 2 unspecified atom stereocenters. The topological polar surface area (TPSA) is 95.9 Å². The van der Waals surface area contributed by atoms with Crippen molar-refractivity contribution in [3.63, 3.8) is 0 Å². The highest BCUT2D eigenvalue weighted by Crippen LogP contribution is 2.20. The number of ether oxygens (including phenoxy) is 1. The summed E-state index contributed by atoms with van der Waals surface area (Å²) < 4.78 is 5.51. The first kappa shape index (κ1) is 89.8. The zero-order valence-electron chi connectivity index (χ0n) is 62.3. The number of carbonyl (C=O) groups excluding carboxylic acids is 2. The SMILES string of the molecule is CCCCC/C=C\C/C=C\CCCCCCCCCC(=O)OCCCCCCCCCCCCCCCCCC/C=C\CCCCCCCCCCCCCCCCCCCC(=O)NC(CO)C(O)/C=C/CCCCCCCCCCCCCCCCCCCCC. The van der Waals surface area contributed by atoms with Gasteiger partial charge >= 0.3 is 5.97 Å². The Morgan fingerprint density at radius 2 is 0.543 bits per heavy atom. The standard InChI is InChI=1S/C86H163NO5/c1-3-5-7-9-11-13-15-17-19-21-22-40-43-47-50-54-58-62-66-70-74-78-84(89)83(82-88)87-85(90)79-75-71-67-63-59-55-51-48-44-41-38-36-34-32-30-28-26-24-23-25-27-29-31-33-35-37-39-42-45-49-53-57-61-65-69-73-77-81-92-86(91)80-76-72-68-64-60-56-52-46-20-18-16-14-12-10-8-6-4-2/h12,14,18,20,23,25,74,78,83-84,88-89H,3-11,13,15-17,19,21-22,24,26-73,75-77,79-82H2,1-2H3,(H,87,90)/b14-12-,20-18-,25-23-,78-74+. The molecule has 0 aliphatic rings. The van der Waals surface area contributed by atoms with Gasteiger partial charge in [0.25, 0.3) is 0 Å². The van der Waals surface area contributed by atoms with Gasteiger partial charge in [0.05, 0.1) is 25.4 Å². The molecule has 1 amide bonds. The lowest BCUT2D eigenvalue weighted by Crippen LogP contribution is -2.45. The van der Waals surface area contributed by atoms with Gasteiger partial charge < -0.3 is 20.3 Å². The van der Waals surface area contributed by atoms with Gasteiger partial charge in [0.15, 0.2) is 0 Å². The smallest absolute Gasteiger partial charge is 0.305 e. The fraction of sp³-hybridized carbons (Fsp3) is 0.884. The van der Waals surface area contributed by atoms with E-state index < -0.39 is 12.1 Å². The minimum absolute atomic E-state index is 0.0140. The third-order valence-electron chi connectivity index (χ3n) is 19.6. The van der Waals surface area contributed by atoms with Gasteiger partial charge in [-0.3, -0.25) is 9.59 Å².